The summed E-state index contributed by atoms with van der Waals surface area (Å²) < 4.78 is 50.6. The van der Waals surface area contributed by atoms with Crippen molar-refractivity contribution in [1.29, 1.82) is 0 Å². The molecule has 7 nitrogen and oxygen atoms in total. The number of rotatable bonds is 6. The molecule has 0 aliphatic rings. The number of para-hydroxylation sites is 1. The van der Waals surface area contributed by atoms with E-state index in [1.165, 1.54) is 19.2 Å². The monoisotopic (exact) mass is 483 g/mol. The Labute approximate surface area is 198 Å². The van der Waals surface area contributed by atoms with E-state index in [0.717, 1.165) is 5.56 Å². The molecule has 0 unspecified atom stereocenters. The highest BCUT2D eigenvalue weighted by Gasteiger charge is 2.39. The molecule has 0 fully saturated rings. The van der Waals surface area contributed by atoms with E-state index in [9.17, 15) is 22.8 Å². The van der Waals surface area contributed by atoms with Gasteiger partial charge in [0.15, 0.2) is 0 Å². The lowest BCUT2D eigenvalue weighted by Gasteiger charge is -2.14. The Bertz CT molecular complexity index is 1400. The Morgan fingerprint density at radius 2 is 1.71 bits per heavy atom. The van der Waals surface area contributed by atoms with Gasteiger partial charge in [-0.25, -0.2) is 9.78 Å². The third kappa shape index (κ3) is 4.96. The van der Waals surface area contributed by atoms with Crippen molar-refractivity contribution < 1.29 is 32.2 Å². The lowest BCUT2D eigenvalue weighted by Crippen LogP contribution is -2.30. The third-order valence-corrected chi connectivity index (χ3v) is 5.34. The van der Waals surface area contributed by atoms with Crippen molar-refractivity contribution in [2.24, 2.45) is 0 Å². The van der Waals surface area contributed by atoms with Crippen LogP contribution in [0.25, 0.3) is 22.4 Å². The second kappa shape index (κ2) is 9.49. The molecule has 0 saturated heterocycles. The number of carbonyl (C=O) groups excluding carboxylic acids is 2. The van der Waals surface area contributed by atoms with Gasteiger partial charge in [-0.2, -0.15) is 13.2 Å². The molecule has 1 N–H and O–H groups in total. The molecule has 0 atom stereocenters. The van der Waals surface area contributed by atoms with Gasteiger partial charge in [-0.05, 0) is 48.0 Å². The summed E-state index contributed by atoms with van der Waals surface area (Å²) >= 11 is 0. The van der Waals surface area contributed by atoms with Crippen LogP contribution in [0.1, 0.15) is 15.9 Å². The SMILES string of the molecule is COC(=O)c1ccc2c(c1)nc(-c1ccccc1NC(=O)C(F)(F)F)n2Cc1ccc(OC)cc1. The number of esters is 1. The van der Waals surface area contributed by atoms with Gasteiger partial charge < -0.3 is 19.4 Å². The number of imidazole rings is 1. The molecule has 0 saturated carbocycles. The second-order valence-corrected chi connectivity index (χ2v) is 7.56. The predicted octanol–water partition coefficient (Wildman–Crippen LogP) is 5.05. The number of ether oxygens (including phenoxy) is 2. The molecule has 1 aromatic heterocycles. The van der Waals surface area contributed by atoms with E-state index in [1.54, 1.807) is 54.1 Å². The van der Waals surface area contributed by atoms with Crippen molar-refractivity contribution in [3.63, 3.8) is 0 Å². The van der Waals surface area contributed by atoms with E-state index in [4.69, 9.17) is 9.47 Å². The molecule has 0 aliphatic carbocycles. The summed E-state index contributed by atoms with van der Waals surface area (Å²) in [6.07, 6.45) is -5.05. The number of hydrogen-bond acceptors (Lipinski definition) is 5. The van der Waals surface area contributed by atoms with E-state index in [1.807, 2.05) is 17.4 Å². The highest BCUT2D eigenvalue weighted by molar-refractivity contribution is 5.99. The van der Waals surface area contributed by atoms with Crippen LogP contribution >= 0.6 is 0 Å². The fraction of sp³-hybridized carbons (Fsp3) is 0.160. The van der Waals surface area contributed by atoms with Crippen molar-refractivity contribution >= 4 is 28.6 Å². The van der Waals surface area contributed by atoms with Crippen LogP contribution in [0.5, 0.6) is 5.75 Å². The maximum absolute atomic E-state index is 12.9. The normalized spacial score (nSPS) is 11.3. The fourth-order valence-electron chi connectivity index (χ4n) is 3.63. The number of fused-ring (bicyclic) bond motifs is 1. The summed E-state index contributed by atoms with van der Waals surface area (Å²) in [6.45, 7) is 0.314. The highest BCUT2D eigenvalue weighted by atomic mass is 19.4. The van der Waals surface area contributed by atoms with Crippen molar-refractivity contribution in [1.82, 2.24) is 9.55 Å². The average molecular weight is 483 g/mol. The Kier molecular flexibility index (Phi) is 6.46. The first kappa shape index (κ1) is 23.8. The lowest BCUT2D eigenvalue weighted by atomic mass is 10.1. The van der Waals surface area contributed by atoms with Gasteiger partial charge in [-0.15, -0.1) is 0 Å². The first-order valence-electron chi connectivity index (χ1n) is 10.4. The van der Waals surface area contributed by atoms with Crippen LogP contribution in [0.15, 0.2) is 66.7 Å². The Hall–Kier alpha value is -4.34. The van der Waals surface area contributed by atoms with Crippen LogP contribution in [-0.2, 0) is 16.1 Å². The van der Waals surface area contributed by atoms with Gasteiger partial charge in [-0.1, -0.05) is 24.3 Å². The van der Waals surface area contributed by atoms with Gasteiger partial charge in [0.1, 0.15) is 11.6 Å². The second-order valence-electron chi connectivity index (χ2n) is 7.56. The molecule has 1 heterocycles. The number of aromatic nitrogens is 2. The molecular weight excluding hydrogens is 463 g/mol. The number of nitrogens with zero attached hydrogens (tertiary/aromatic N) is 2. The maximum Gasteiger partial charge on any atom is 0.471 e. The zero-order valence-electron chi connectivity index (χ0n) is 18.7. The van der Waals surface area contributed by atoms with Crippen LogP contribution < -0.4 is 10.1 Å². The molecule has 1 amide bonds. The van der Waals surface area contributed by atoms with Crippen LogP contribution in [0.2, 0.25) is 0 Å². The number of halogens is 3. The van der Waals surface area contributed by atoms with Gasteiger partial charge in [0.2, 0.25) is 0 Å². The molecule has 180 valence electrons. The molecule has 35 heavy (non-hydrogen) atoms. The summed E-state index contributed by atoms with van der Waals surface area (Å²) in [7, 11) is 2.82. The molecular formula is C25H20F3N3O4. The zero-order chi connectivity index (χ0) is 25.2. The number of carbonyl (C=O) groups is 2. The van der Waals surface area contributed by atoms with E-state index in [2.05, 4.69) is 4.98 Å². The number of nitrogens with one attached hydrogen (secondary N) is 1. The van der Waals surface area contributed by atoms with Gasteiger partial charge in [-0.3, -0.25) is 4.79 Å². The first-order valence-corrected chi connectivity index (χ1v) is 10.4. The van der Waals surface area contributed by atoms with Gasteiger partial charge in [0, 0.05) is 12.1 Å². The number of methoxy groups -OCH3 is 2. The zero-order valence-corrected chi connectivity index (χ0v) is 18.7. The Balaban J connectivity index is 1.87. The third-order valence-electron chi connectivity index (χ3n) is 5.34. The molecule has 4 rings (SSSR count). The van der Waals surface area contributed by atoms with E-state index >= 15 is 0 Å². The summed E-state index contributed by atoms with van der Waals surface area (Å²) in [4.78, 5) is 28.3. The highest BCUT2D eigenvalue weighted by Crippen LogP contribution is 2.33. The Morgan fingerprint density at radius 1 is 1.00 bits per heavy atom. The van der Waals surface area contributed by atoms with Crippen molar-refractivity contribution in [2.75, 3.05) is 19.5 Å². The summed E-state index contributed by atoms with van der Waals surface area (Å²) in [6, 6.07) is 18.2. The number of hydrogen-bond donors (Lipinski definition) is 1. The minimum atomic E-state index is -5.05. The molecule has 0 radical (unpaired) electrons. The van der Waals surface area contributed by atoms with Crippen LogP contribution in [0, 0.1) is 0 Å². The standard InChI is InChI=1S/C25H20F3N3O4/c1-34-17-10-7-15(8-11-17)14-31-21-12-9-16(23(32)35-2)13-20(21)29-22(31)18-5-3-4-6-19(18)30-24(33)25(26,27)28/h3-13H,14H2,1-2H3,(H,30,33). The van der Waals surface area contributed by atoms with Crippen LogP contribution in [-0.4, -0.2) is 41.8 Å². The van der Waals surface area contributed by atoms with Gasteiger partial charge >= 0.3 is 18.1 Å². The number of anilines is 1. The molecule has 3 aromatic carbocycles. The topological polar surface area (TPSA) is 82.5 Å². The maximum atomic E-state index is 12.9. The van der Waals surface area contributed by atoms with Crippen molar-refractivity contribution in [2.45, 2.75) is 12.7 Å². The largest absolute Gasteiger partial charge is 0.497 e. The average Bonchev–Trinajstić information content (AvgIpc) is 3.21. The number of alkyl halides is 3. The van der Waals surface area contributed by atoms with Crippen molar-refractivity contribution in [3.05, 3.63) is 77.9 Å². The quantitative estimate of drug-likeness (QED) is 0.388. The lowest BCUT2D eigenvalue weighted by molar-refractivity contribution is -0.167. The van der Waals surface area contributed by atoms with E-state index in [0.29, 0.717) is 29.2 Å². The van der Waals surface area contributed by atoms with Crippen LogP contribution in [0.3, 0.4) is 0 Å². The smallest absolute Gasteiger partial charge is 0.471 e. The number of benzene rings is 3. The molecule has 0 aliphatic heterocycles. The summed E-state index contributed by atoms with van der Waals surface area (Å²) in [5.41, 5.74) is 2.47. The van der Waals surface area contributed by atoms with Crippen LogP contribution in [0.4, 0.5) is 18.9 Å². The molecule has 10 heteroatoms. The number of amides is 1. The van der Waals surface area contributed by atoms with E-state index in [-0.39, 0.29) is 16.8 Å². The molecule has 4 aromatic rings. The van der Waals surface area contributed by atoms with Gasteiger partial charge in [0.25, 0.3) is 0 Å². The minimum Gasteiger partial charge on any atom is -0.497 e. The first-order chi connectivity index (χ1) is 16.7. The molecule has 0 spiro atoms. The van der Waals surface area contributed by atoms with Gasteiger partial charge in [0.05, 0.1) is 36.5 Å². The van der Waals surface area contributed by atoms with E-state index < -0.39 is 18.1 Å². The Morgan fingerprint density at radius 3 is 2.37 bits per heavy atom. The summed E-state index contributed by atoms with van der Waals surface area (Å²) in [5.74, 6) is -1.64. The fourth-order valence-corrected chi connectivity index (χ4v) is 3.63. The molecule has 0 bridgehead atoms. The summed E-state index contributed by atoms with van der Waals surface area (Å²) in [5, 5.41) is 1.93. The van der Waals surface area contributed by atoms with Crippen molar-refractivity contribution in [3.8, 4) is 17.1 Å². The minimum absolute atomic E-state index is 0.0469. The predicted molar refractivity (Wildman–Crippen MR) is 123 cm³/mol.